The van der Waals surface area contributed by atoms with Crippen LogP contribution >= 0.6 is 0 Å². The van der Waals surface area contributed by atoms with Crippen LogP contribution in [0.15, 0.2) is 77.2 Å². The van der Waals surface area contributed by atoms with E-state index in [1.165, 1.54) is 18.2 Å². The van der Waals surface area contributed by atoms with Crippen molar-refractivity contribution in [3.63, 3.8) is 0 Å². The van der Waals surface area contributed by atoms with Crippen LogP contribution in [-0.2, 0) is 6.61 Å². The fourth-order valence-electron chi connectivity index (χ4n) is 2.30. The van der Waals surface area contributed by atoms with Crippen molar-refractivity contribution in [1.29, 1.82) is 0 Å². The molecule has 0 saturated heterocycles. The van der Waals surface area contributed by atoms with E-state index in [0.717, 1.165) is 0 Å². The van der Waals surface area contributed by atoms with Crippen LogP contribution in [0.4, 0.5) is 5.69 Å². The lowest BCUT2D eigenvalue weighted by Crippen LogP contribution is -1.97. The Labute approximate surface area is 149 Å². The zero-order valence-electron chi connectivity index (χ0n) is 13.7. The number of allylic oxidation sites excluding steroid dienone is 1. The normalized spacial score (nSPS) is 10.8. The number of carbonyl (C=O) groups is 1. The summed E-state index contributed by atoms with van der Waals surface area (Å²) in [5.74, 6) is 1.04. The highest BCUT2D eigenvalue weighted by Gasteiger charge is 2.14. The standard InChI is InChI=1S/C20H15NO5/c22-19(15-6-2-1-3-7-15)13-12-16-10-11-17(26-16)14-25-20-9-5-4-8-18(20)21(23)24/h1-13H,14H2/b13-12+. The van der Waals surface area contributed by atoms with Crippen LogP contribution in [0.2, 0.25) is 0 Å². The van der Waals surface area contributed by atoms with Gasteiger partial charge in [0, 0.05) is 11.6 Å². The molecule has 130 valence electrons. The van der Waals surface area contributed by atoms with Crippen molar-refractivity contribution in [1.82, 2.24) is 0 Å². The minimum Gasteiger partial charge on any atom is -0.479 e. The van der Waals surface area contributed by atoms with Crippen molar-refractivity contribution in [3.05, 3.63) is 100 Å². The lowest BCUT2D eigenvalue weighted by Gasteiger charge is -2.04. The summed E-state index contributed by atoms with van der Waals surface area (Å²) in [6.45, 7) is 0.0469. The first-order valence-electron chi connectivity index (χ1n) is 7.86. The highest BCUT2D eigenvalue weighted by Crippen LogP contribution is 2.26. The molecule has 0 N–H and O–H groups in total. The molecule has 0 fully saturated rings. The molecule has 26 heavy (non-hydrogen) atoms. The van der Waals surface area contributed by atoms with Crippen molar-refractivity contribution in [2.24, 2.45) is 0 Å². The third kappa shape index (κ3) is 4.24. The first-order valence-corrected chi connectivity index (χ1v) is 7.86. The number of nitro groups is 1. The van der Waals surface area contributed by atoms with Gasteiger partial charge < -0.3 is 9.15 Å². The Hall–Kier alpha value is -3.67. The number of rotatable bonds is 7. The molecule has 0 aliphatic rings. The molecule has 0 radical (unpaired) electrons. The maximum Gasteiger partial charge on any atom is 0.310 e. The van der Waals surface area contributed by atoms with Crippen LogP contribution in [0.25, 0.3) is 6.08 Å². The van der Waals surface area contributed by atoms with E-state index in [1.807, 2.05) is 6.07 Å². The van der Waals surface area contributed by atoms with Gasteiger partial charge in [-0.05, 0) is 30.4 Å². The zero-order chi connectivity index (χ0) is 18.4. The molecule has 0 amide bonds. The van der Waals surface area contributed by atoms with Crippen LogP contribution < -0.4 is 4.74 Å². The Bertz CT molecular complexity index is 944. The molecular weight excluding hydrogens is 334 g/mol. The summed E-state index contributed by atoms with van der Waals surface area (Å²) in [4.78, 5) is 22.5. The Morgan fingerprint density at radius 1 is 1.04 bits per heavy atom. The lowest BCUT2D eigenvalue weighted by atomic mass is 10.1. The van der Waals surface area contributed by atoms with Gasteiger partial charge in [-0.1, -0.05) is 42.5 Å². The Kier molecular flexibility index (Phi) is 5.24. The summed E-state index contributed by atoms with van der Waals surface area (Å²) in [5, 5.41) is 11.0. The van der Waals surface area contributed by atoms with Crippen molar-refractivity contribution in [3.8, 4) is 5.75 Å². The summed E-state index contributed by atoms with van der Waals surface area (Å²) < 4.78 is 11.0. The van der Waals surface area contributed by atoms with Crippen LogP contribution in [-0.4, -0.2) is 10.7 Å². The fourth-order valence-corrected chi connectivity index (χ4v) is 2.30. The van der Waals surface area contributed by atoms with Crippen LogP contribution in [0.1, 0.15) is 21.9 Å². The molecule has 0 spiro atoms. The van der Waals surface area contributed by atoms with Crippen molar-refractivity contribution < 1.29 is 18.9 Å². The molecular formula is C20H15NO5. The Morgan fingerprint density at radius 3 is 2.54 bits per heavy atom. The molecule has 0 unspecified atom stereocenters. The van der Waals surface area contributed by atoms with Gasteiger partial charge in [0.15, 0.2) is 11.5 Å². The quantitative estimate of drug-likeness (QED) is 0.268. The predicted molar refractivity (Wildman–Crippen MR) is 95.9 cm³/mol. The number of carbonyl (C=O) groups excluding carboxylic acids is 1. The van der Waals surface area contributed by atoms with Crippen LogP contribution in [0, 0.1) is 10.1 Å². The molecule has 3 rings (SSSR count). The van der Waals surface area contributed by atoms with Gasteiger partial charge in [0.2, 0.25) is 0 Å². The monoisotopic (exact) mass is 349 g/mol. The second kappa shape index (κ2) is 7.94. The number of benzene rings is 2. The molecule has 1 heterocycles. The summed E-state index contributed by atoms with van der Waals surface area (Å²) >= 11 is 0. The maximum atomic E-state index is 12.0. The number of hydrogen-bond acceptors (Lipinski definition) is 5. The number of nitrogens with zero attached hydrogens (tertiary/aromatic N) is 1. The largest absolute Gasteiger partial charge is 0.479 e. The van der Waals surface area contributed by atoms with E-state index in [9.17, 15) is 14.9 Å². The number of furan rings is 1. The Balaban J connectivity index is 1.63. The van der Waals surface area contributed by atoms with E-state index in [4.69, 9.17) is 9.15 Å². The average molecular weight is 349 g/mol. The van der Waals surface area contributed by atoms with Crippen LogP contribution in [0.5, 0.6) is 5.75 Å². The summed E-state index contributed by atoms with van der Waals surface area (Å²) in [7, 11) is 0. The van der Waals surface area contributed by atoms with Crippen molar-refractivity contribution in [2.75, 3.05) is 0 Å². The van der Waals surface area contributed by atoms with Gasteiger partial charge in [-0.25, -0.2) is 0 Å². The number of hydrogen-bond donors (Lipinski definition) is 0. The van der Waals surface area contributed by atoms with Gasteiger partial charge in [-0.15, -0.1) is 0 Å². The zero-order valence-corrected chi connectivity index (χ0v) is 13.7. The van der Waals surface area contributed by atoms with E-state index in [2.05, 4.69) is 0 Å². The third-order valence-electron chi connectivity index (χ3n) is 3.57. The van der Waals surface area contributed by atoms with Gasteiger partial charge in [0.05, 0.1) is 4.92 Å². The van der Waals surface area contributed by atoms with Gasteiger partial charge in [-0.2, -0.15) is 0 Å². The predicted octanol–water partition coefficient (Wildman–Crippen LogP) is 4.66. The van der Waals surface area contributed by atoms with Crippen molar-refractivity contribution >= 4 is 17.5 Å². The first-order chi connectivity index (χ1) is 12.6. The van der Waals surface area contributed by atoms with E-state index in [0.29, 0.717) is 17.1 Å². The molecule has 0 bridgehead atoms. The van der Waals surface area contributed by atoms with E-state index in [1.54, 1.807) is 54.6 Å². The van der Waals surface area contributed by atoms with E-state index < -0.39 is 4.92 Å². The number of ketones is 1. The molecule has 6 nitrogen and oxygen atoms in total. The average Bonchev–Trinajstić information content (AvgIpc) is 3.13. The summed E-state index contributed by atoms with van der Waals surface area (Å²) in [6, 6.07) is 18.4. The lowest BCUT2D eigenvalue weighted by molar-refractivity contribution is -0.386. The van der Waals surface area contributed by atoms with Crippen molar-refractivity contribution in [2.45, 2.75) is 6.61 Å². The number of ether oxygens (including phenoxy) is 1. The number of nitro benzene ring substituents is 1. The maximum absolute atomic E-state index is 12.0. The third-order valence-corrected chi connectivity index (χ3v) is 3.57. The first kappa shape index (κ1) is 17.2. The SMILES string of the molecule is O=C(/C=C/c1ccc(COc2ccccc2[N+](=O)[O-])o1)c1ccccc1. The topological polar surface area (TPSA) is 82.6 Å². The molecule has 3 aromatic rings. The fraction of sp³-hybridized carbons (Fsp3) is 0.0500. The molecule has 0 aliphatic carbocycles. The summed E-state index contributed by atoms with van der Waals surface area (Å²) in [5.41, 5.74) is 0.489. The second-order valence-corrected chi connectivity index (χ2v) is 5.38. The van der Waals surface area contributed by atoms with E-state index in [-0.39, 0.29) is 23.8 Å². The Morgan fingerprint density at radius 2 is 1.77 bits per heavy atom. The highest BCUT2D eigenvalue weighted by atomic mass is 16.6. The summed E-state index contributed by atoms with van der Waals surface area (Å²) in [6.07, 6.45) is 3.00. The highest BCUT2D eigenvalue weighted by molar-refractivity contribution is 6.06. The molecule has 1 aromatic heterocycles. The van der Waals surface area contributed by atoms with Gasteiger partial charge in [0.1, 0.15) is 18.1 Å². The van der Waals surface area contributed by atoms with Gasteiger partial charge in [0.25, 0.3) is 0 Å². The van der Waals surface area contributed by atoms with Gasteiger partial charge >= 0.3 is 5.69 Å². The minimum atomic E-state index is -0.499. The minimum absolute atomic E-state index is 0.0469. The number of para-hydroxylation sites is 2. The molecule has 0 saturated carbocycles. The van der Waals surface area contributed by atoms with Crippen LogP contribution in [0.3, 0.4) is 0 Å². The smallest absolute Gasteiger partial charge is 0.310 e. The molecule has 2 aromatic carbocycles. The van der Waals surface area contributed by atoms with E-state index >= 15 is 0 Å². The molecule has 6 heteroatoms. The molecule has 0 aliphatic heterocycles. The molecule has 0 atom stereocenters. The second-order valence-electron chi connectivity index (χ2n) is 5.38. The van der Waals surface area contributed by atoms with Gasteiger partial charge in [-0.3, -0.25) is 14.9 Å².